The molecule has 1 N–H and O–H groups in total. The van der Waals surface area contributed by atoms with Crippen molar-refractivity contribution in [3.8, 4) is 0 Å². The van der Waals surface area contributed by atoms with E-state index in [1.165, 1.54) is 0 Å². The SMILES string of the molecule is C[C@@H]1CNCCN1C(=O)CCc1ccc(S(=O)(=O)N2CCCCCC2)cc1. The van der Waals surface area contributed by atoms with E-state index < -0.39 is 10.0 Å². The van der Waals surface area contributed by atoms with E-state index in [0.29, 0.717) is 30.8 Å². The van der Waals surface area contributed by atoms with Crippen LogP contribution in [0.25, 0.3) is 0 Å². The van der Waals surface area contributed by atoms with E-state index in [2.05, 4.69) is 12.2 Å². The highest BCUT2D eigenvalue weighted by atomic mass is 32.2. The average Bonchev–Trinajstić information content (AvgIpc) is 2.97. The van der Waals surface area contributed by atoms with Gasteiger partial charge < -0.3 is 10.2 Å². The summed E-state index contributed by atoms with van der Waals surface area (Å²) in [5.41, 5.74) is 1.00. The van der Waals surface area contributed by atoms with Gasteiger partial charge in [-0.05, 0) is 43.9 Å². The Morgan fingerprint density at radius 2 is 1.74 bits per heavy atom. The summed E-state index contributed by atoms with van der Waals surface area (Å²) < 4.78 is 27.3. The molecule has 2 saturated heterocycles. The second-order valence-electron chi connectivity index (χ2n) is 7.60. The molecule has 0 aliphatic carbocycles. The zero-order valence-corrected chi connectivity index (χ0v) is 17.0. The summed E-state index contributed by atoms with van der Waals surface area (Å²) in [6.45, 7) is 5.73. The predicted octanol–water partition coefficient (Wildman–Crippen LogP) is 2.00. The van der Waals surface area contributed by atoms with Crippen LogP contribution in [0.1, 0.15) is 44.6 Å². The second kappa shape index (κ2) is 9.17. The fourth-order valence-electron chi connectivity index (χ4n) is 3.87. The smallest absolute Gasteiger partial charge is 0.243 e. The maximum Gasteiger partial charge on any atom is 0.243 e. The Bertz CT molecular complexity index is 725. The van der Waals surface area contributed by atoms with Crippen LogP contribution in [0.15, 0.2) is 29.2 Å². The van der Waals surface area contributed by atoms with Gasteiger partial charge >= 0.3 is 0 Å². The van der Waals surface area contributed by atoms with Crippen molar-refractivity contribution in [3.63, 3.8) is 0 Å². The van der Waals surface area contributed by atoms with E-state index in [0.717, 1.165) is 50.9 Å². The molecule has 2 fully saturated rings. The van der Waals surface area contributed by atoms with Crippen molar-refractivity contribution in [3.05, 3.63) is 29.8 Å². The lowest BCUT2D eigenvalue weighted by molar-refractivity contribution is -0.133. The van der Waals surface area contributed by atoms with Crippen molar-refractivity contribution >= 4 is 15.9 Å². The third-order valence-electron chi connectivity index (χ3n) is 5.58. The number of benzene rings is 1. The van der Waals surface area contributed by atoms with Crippen LogP contribution in [0, 0.1) is 0 Å². The van der Waals surface area contributed by atoms with Gasteiger partial charge in [-0.25, -0.2) is 8.42 Å². The Morgan fingerprint density at radius 3 is 2.37 bits per heavy atom. The van der Waals surface area contributed by atoms with E-state index in [9.17, 15) is 13.2 Å². The number of piperazine rings is 1. The minimum Gasteiger partial charge on any atom is -0.337 e. The standard InChI is InChI=1S/C20H31N3O3S/c1-17-16-21-12-15-23(17)20(24)11-8-18-6-9-19(10-7-18)27(25,26)22-13-4-2-3-5-14-22/h6-7,9-10,17,21H,2-5,8,11-16H2,1H3/t17-/m1/s1. The highest BCUT2D eigenvalue weighted by Gasteiger charge is 2.25. The lowest BCUT2D eigenvalue weighted by atomic mass is 10.1. The molecule has 0 unspecified atom stereocenters. The molecule has 1 aromatic rings. The first-order valence-electron chi connectivity index (χ1n) is 10.1. The fourth-order valence-corrected chi connectivity index (χ4v) is 5.38. The van der Waals surface area contributed by atoms with Crippen molar-refractivity contribution in [1.29, 1.82) is 0 Å². The molecule has 3 rings (SSSR count). The first-order chi connectivity index (χ1) is 13.0. The van der Waals surface area contributed by atoms with Gasteiger partial charge in [0.15, 0.2) is 0 Å². The number of carbonyl (C=O) groups excluding carboxylic acids is 1. The number of nitrogens with zero attached hydrogens (tertiary/aromatic N) is 2. The molecule has 0 bridgehead atoms. The minimum atomic E-state index is -3.41. The summed E-state index contributed by atoms with van der Waals surface area (Å²) >= 11 is 0. The highest BCUT2D eigenvalue weighted by molar-refractivity contribution is 7.89. The Labute approximate surface area is 163 Å². The average molecular weight is 394 g/mol. The lowest BCUT2D eigenvalue weighted by Crippen LogP contribution is -2.52. The third-order valence-corrected chi connectivity index (χ3v) is 7.49. The zero-order valence-electron chi connectivity index (χ0n) is 16.2. The molecule has 1 atom stereocenters. The van der Waals surface area contributed by atoms with Gasteiger partial charge in [-0.1, -0.05) is 25.0 Å². The largest absolute Gasteiger partial charge is 0.337 e. The zero-order chi connectivity index (χ0) is 19.3. The first-order valence-corrected chi connectivity index (χ1v) is 11.5. The summed E-state index contributed by atoms with van der Waals surface area (Å²) in [6, 6.07) is 7.30. The third kappa shape index (κ3) is 5.09. The van der Waals surface area contributed by atoms with Gasteiger partial charge in [-0.2, -0.15) is 4.31 Å². The molecule has 1 aromatic carbocycles. The number of rotatable bonds is 5. The molecule has 2 heterocycles. The molecule has 7 heteroatoms. The van der Waals surface area contributed by atoms with Gasteiger partial charge in [0.1, 0.15) is 0 Å². The monoisotopic (exact) mass is 393 g/mol. The van der Waals surface area contributed by atoms with Crippen LogP contribution in [0.5, 0.6) is 0 Å². The molecule has 1 amide bonds. The van der Waals surface area contributed by atoms with Crippen LogP contribution in [0.4, 0.5) is 0 Å². The van der Waals surface area contributed by atoms with Crippen molar-refractivity contribution in [2.45, 2.75) is 56.4 Å². The first kappa shape index (κ1) is 20.3. The summed E-state index contributed by atoms with van der Waals surface area (Å²) in [5.74, 6) is 0.172. The van der Waals surface area contributed by atoms with Gasteiger partial charge in [0.25, 0.3) is 0 Å². The molecule has 27 heavy (non-hydrogen) atoms. The van der Waals surface area contributed by atoms with Crippen LogP contribution in [0.3, 0.4) is 0 Å². The van der Waals surface area contributed by atoms with Gasteiger partial charge in [0.05, 0.1) is 4.90 Å². The van der Waals surface area contributed by atoms with Crippen molar-refractivity contribution < 1.29 is 13.2 Å². The Balaban J connectivity index is 1.59. The van der Waals surface area contributed by atoms with Crippen LogP contribution in [-0.2, 0) is 21.2 Å². The number of nitrogens with one attached hydrogen (secondary N) is 1. The van der Waals surface area contributed by atoms with Crippen LogP contribution in [0.2, 0.25) is 0 Å². The van der Waals surface area contributed by atoms with E-state index in [-0.39, 0.29) is 11.9 Å². The van der Waals surface area contributed by atoms with Gasteiger partial charge in [-0.15, -0.1) is 0 Å². The van der Waals surface area contributed by atoms with Crippen molar-refractivity contribution in [1.82, 2.24) is 14.5 Å². The fraction of sp³-hybridized carbons (Fsp3) is 0.650. The number of sulfonamides is 1. The van der Waals surface area contributed by atoms with E-state index in [4.69, 9.17) is 0 Å². The molecule has 0 spiro atoms. The molecule has 2 aliphatic rings. The molecule has 0 radical (unpaired) electrons. The number of amides is 1. The number of carbonyl (C=O) groups is 1. The lowest BCUT2D eigenvalue weighted by Gasteiger charge is -2.34. The van der Waals surface area contributed by atoms with Crippen LogP contribution in [-0.4, -0.2) is 62.3 Å². The van der Waals surface area contributed by atoms with Gasteiger partial charge in [-0.3, -0.25) is 4.79 Å². The van der Waals surface area contributed by atoms with Crippen molar-refractivity contribution in [2.75, 3.05) is 32.7 Å². The summed E-state index contributed by atoms with van der Waals surface area (Å²) in [4.78, 5) is 14.7. The van der Waals surface area contributed by atoms with Gasteiger partial charge in [0, 0.05) is 45.2 Å². The minimum absolute atomic E-state index is 0.172. The Morgan fingerprint density at radius 1 is 1.07 bits per heavy atom. The molecule has 150 valence electrons. The highest BCUT2D eigenvalue weighted by Crippen LogP contribution is 2.21. The maximum atomic E-state index is 12.8. The number of hydrogen-bond donors (Lipinski definition) is 1. The predicted molar refractivity (Wildman–Crippen MR) is 106 cm³/mol. The molecule has 0 saturated carbocycles. The summed E-state index contributed by atoms with van der Waals surface area (Å²) in [7, 11) is -3.41. The maximum absolute atomic E-state index is 12.8. The van der Waals surface area contributed by atoms with Crippen molar-refractivity contribution in [2.24, 2.45) is 0 Å². The summed E-state index contributed by atoms with van der Waals surface area (Å²) in [5, 5.41) is 3.29. The van der Waals surface area contributed by atoms with E-state index in [1.54, 1.807) is 16.4 Å². The number of hydrogen-bond acceptors (Lipinski definition) is 4. The van der Waals surface area contributed by atoms with E-state index in [1.807, 2.05) is 17.0 Å². The molecule has 0 aromatic heterocycles. The molecular formula is C20H31N3O3S. The Kier molecular flexibility index (Phi) is 6.89. The Hall–Kier alpha value is -1.44. The molecular weight excluding hydrogens is 362 g/mol. The van der Waals surface area contributed by atoms with Gasteiger partial charge in [0.2, 0.25) is 15.9 Å². The quantitative estimate of drug-likeness (QED) is 0.831. The normalized spacial score (nSPS) is 22.4. The second-order valence-corrected chi connectivity index (χ2v) is 9.54. The van der Waals surface area contributed by atoms with Crippen LogP contribution < -0.4 is 5.32 Å². The number of aryl methyl sites for hydroxylation is 1. The van der Waals surface area contributed by atoms with Crippen LogP contribution >= 0.6 is 0 Å². The van der Waals surface area contributed by atoms with E-state index >= 15 is 0 Å². The topological polar surface area (TPSA) is 69.7 Å². The molecule has 6 nitrogen and oxygen atoms in total. The summed E-state index contributed by atoms with van der Waals surface area (Å²) in [6.07, 6.45) is 5.17. The molecule has 2 aliphatic heterocycles.